The number of aromatic hydroxyl groups is 1. The van der Waals surface area contributed by atoms with Crippen LogP contribution in [0.4, 0.5) is 4.79 Å². The third-order valence-corrected chi connectivity index (χ3v) is 10.2. The van der Waals surface area contributed by atoms with Gasteiger partial charge in [-0.2, -0.15) is 0 Å². The lowest BCUT2D eigenvalue weighted by atomic mass is 10.0. The van der Waals surface area contributed by atoms with Crippen LogP contribution >= 0.6 is 0 Å². The Labute approximate surface area is 373 Å². The number of likely N-dealkylation sites (tertiary alicyclic amines) is 1. The number of amides is 8. The summed E-state index contributed by atoms with van der Waals surface area (Å²) in [5.41, 5.74) is 42.4. The number of carbonyl (C=O) groups is 7. The first-order valence-corrected chi connectivity index (χ1v) is 21.5. The molecule has 0 saturated carbocycles. The highest BCUT2D eigenvalue weighted by Gasteiger charge is 2.38. The minimum absolute atomic E-state index is 0.0173. The summed E-state index contributed by atoms with van der Waals surface area (Å²) in [6.07, 6.45) is 2.82. The zero-order valence-electron chi connectivity index (χ0n) is 37.1. The van der Waals surface area contributed by atoms with Crippen LogP contribution in [0.25, 0.3) is 0 Å². The molecule has 2 rings (SSSR count). The number of rotatable bonds is 26. The maximum absolute atomic E-state index is 14.0. The van der Waals surface area contributed by atoms with E-state index in [1.807, 2.05) is 13.8 Å². The van der Waals surface area contributed by atoms with Crippen LogP contribution < -0.4 is 66.8 Å². The SMILES string of the molecule is CCCN(NC(=O)[C@H](CCCN=C(N)N)NC(=O)[C@@H]1CCCN1C(=O)[C@@H](N)CCCN=C(N)N)C(=O)N[C@@H](Cc1ccc(O)cc1)C(=O)N[C@@H](CN)C(=O)N[C@@H](CCC(C)C)C(N)=O. The molecule has 0 aromatic heterocycles. The highest BCUT2D eigenvalue weighted by molar-refractivity contribution is 5.96. The van der Waals surface area contributed by atoms with Crippen molar-refractivity contribution in [2.45, 2.75) is 121 Å². The Morgan fingerprint density at radius 2 is 1.38 bits per heavy atom. The molecule has 1 aromatic carbocycles. The summed E-state index contributed by atoms with van der Waals surface area (Å²) in [6, 6.07) is -1.90. The zero-order chi connectivity index (χ0) is 47.9. The van der Waals surface area contributed by atoms with Crippen LogP contribution in [0.1, 0.15) is 84.1 Å². The van der Waals surface area contributed by atoms with Crippen LogP contribution in [0.5, 0.6) is 5.75 Å². The number of benzene rings is 1. The van der Waals surface area contributed by atoms with Gasteiger partial charge in [-0.25, -0.2) is 9.80 Å². The number of aliphatic imine (C=N–C) groups is 2. The predicted molar refractivity (Wildman–Crippen MR) is 240 cm³/mol. The first kappa shape index (κ1) is 53.7. The number of urea groups is 1. The molecule has 1 saturated heterocycles. The van der Waals surface area contributed by atoms with Crippen molar-refractivity contribution in [2.75, 3.05) is 32.7 Å². The molecule has 1 heterocycles. The molecule has 8 amide bonds. The summed E-state index contributed by atoms with van der Waals surface area (Å²) in [5, 5.41) is 21.2. The molecule has 64 heavy (non-hydrogen) atoms. The predicted octanol–water partition coefficient (Wildman–Crippen LogP) is -3.48. The Kier molecular flexibility index (Phi) is 23.2. The number of phenolic OH excluding ortho intramolecular Hbond substituents is 1. The first-order chi connectivity index (χ1) is 30.3. The molecule has 358 valence electrons. The van der Waals surface area contributed by atoms with Gasteiger partial charge in [-0.1, -0.05) is 32.9 Å². The van der Waals surface area contributed by atoms with Crippen LogP contribution in [0.15, 0.2) is 34.3 Å². The van der Waals surface area contributed by atoms with Crippen LogP contribution in [-0.2, 0) is 35.2 Å². The number of nitrogens with two attached hydrogens (primary N) is 7. The van der Waals surface area contributed by atoms with Gasteiger partial charge in [0, 0.05) is 39.1 Å². The molecule has 0 unspecified atom stereocenters. The summed E-state index contributed by atoms with van der Waals surface area (Å²) in [5.74, 6) is -4.29. The van der Waals surface area contributed by atoms with Crippen molar-refractivity contribution >= 4 is 53.4 Å². The molecule has 24 heteroatoms. The van der Waals surface area contributed by atoms with Crippen molar-refractivity contribution in [2.24, 2.45) is 56.0 Å². The van der Waals surface area contributed by atoms with Crippen molar-refractivity contribution in [3.8, 4) is 5.75 Å². The fourth-order valence-electron chi connectivity index (χ4n) is 6.71. The minimum Gasteiger partial charge on any atom is -0.508 e. The molecule has 0 bridgehead atoms. The molecule has 0 spiro atoms. The molecular weight excluding hydrogens is 833 g/mol. The number of phenols is 1. The van der Waals surface area contributed by atoms with E-state index in [2.05, 4.69) is 36.7 Å². The van der Waals surface area contributed by atoms with Gasteiger partial charge < -0.3 is 71.4 Å². The Bertz CT molecular complexity index is 1770. The minimum atomic E-state index is -1.37. The number of nitrogens with one attached hydrogen (secondary N) is 5. The second kappa shape index (κ2) is 27.6. The molecular formula is C40H70N16O8. The second-order valence-corrected chi connectivity index (χ2v) is 16.0. The molecule has 6 atom stereocenters. The van der Waals surface area contributed by atoms with Gasteiger partial charge >= 0.3 is 6.03 Å². The highest BCUT2D eigenvalue weighted by Crippen LogP contribution is 2.20. The standard InChI is InChI=1S/C40H70N16O8/c1-4-19-56(40(64)53-29(21-24-12-14-25(57)15-13-24)33(59)52-30(22-41)34(60)50-27(32(43)58)16-11-23(2)3)54-35(61)28(9-6-18-49-39(46)47)51-36(62)31-10-7-20-55(31)37(63)26(42)8-5-17-48-38(44)45/h12-15,23,26-31,57H,4-11,16-22,41-42H2,1-3H3,(H2,43,58)(H,50,60)(H,51,62)(H,52,59)(H,53,64)(H,54,61)(H4,44,45,48)(H4,46,47,49)/t26-,27-,28-,29-,30-,31-/m0/s1. The molecule has 1 aromatic rings. The average Bonchev–Trinajstić information content (AvgIpc) is 3.73. The number of nitrogens with zero attached hydrogens (tertiary/aromatic N) is 4. The van der Waals surface area contributed by atoms with E-state index < -0.39 is 77.7 Å². The van der Waals surface area contributed by atoms with Crippen LogP contribution in [-0.4, -0.2) is 137 Å². The van der Waals surface area contributed by atoms with E-state index in [4.69, 9.17) is 40.1 Å². The van der Waals surface area contributed by atoms with Crippen molar-refractivity contribution in [3.63, 3.8) is 0 Å². The van der Waals surface area contributed by atoms with Crippen molar-refractivity contribution < 1.29 is 38.7 Å². The third kappa shape index (κ3) is 18.9. The number of hydrogen-bond donors (Lipinski definition) is 13. The molecule has 1 aliphatic rings. The maximum Gasteiger partial charge on any atom is 0.336 e. The number of hydrazine groups is 1. The third-order valence-electron chi connectivity index (χ3n) is 10.2. The van der Waals surface area contributed by atoms with Gasteiger partial charge in [0.2, 0.25) is 29.5 Å². The topological polar surface area (TPSA) is 413 Å². The van der Waals surface area contributed by atoms with E-state index in [-0.39, 0.29) is 88.4 Å². The van der Waals surface area contributed by atoms with Crippen molar-refractivity contribution in [3.05, 3.63) is 29.8 Å². The lowest BCUT2D eigenvalue weighted by molar-refractivity contribution is -0.140. The Balaban J connectivity index is 2.32. The lowest BCUT2D eigenvalue weighted by Crippen LogP contribution is -2.62. The van der Waals surface area contributed by atoms with E-state index >= 15 is 0 Å². The fourth-order valence-corrected chi connectivity index (χ4v) is 6.71. The highest BCUT2D eigenvalue weighted by atomic mass is 16.3. The largest absolute Gasteiger partial charge is 0.508 e. The van der Waals surface area contributed by atoms with Gasteiger partial charge in [-0.15, -0.1) is 0 Å². The van der Waals surface area contributed by atoms with Gasteiger partial charge in [-0.3, -0.25) is 44.2 Å². The monoisotopic (exact) mass is 903 g/mol. The molecule has 0 radical (unpaired) electrons. The number of guanidine groups is 2. The van der Waals surface area contributed by atoms with Crippen LogP contribution in [0, 0.1) is 5.92 Å². The van der Waals surface area contributed by atoms with Gasteiger partial charge in [-0.05, 0) is 81.4 Å². The Morgan fingerprint density at radius 1 is 0.781 bits per heavy atom. The Hall–Kier alpha value is -6.43. The van der Waals surface area contributed by atoms with Crippen LogP contribution in [0.2, 0.25) is 0 Å². The zero-order valence-corrected chi connectivity index (χ0v) is 37.1. The summed E-state index contributed by atoms with van der Waals surface area (Å²) in [6.45, 7) is 5.86. The number of primary amides is 1. The summed E-state index contributed by atoms with van der Waals surface area (Å²) in [4.78, 5) is 104. The Morgan fingerprint density at radius 3 is 1.94 bits per heavy atom. The fraction of sp³-hybridized carbons (Fsp3) is 0.625. The smallest absolute Gasteiger partial charge is 0.336 e. The van der Waals surface area contributed by atoms with E-state index in [0.717, 1.165) is 5.01 Å². The molecule has 1 fully saturated rings. The summed E-state index contributed by atoms with van der Waals surface area (Å²) < 4.78 is 0. The molecule has 20 N–H and O–H groups in total. The molecule has 0 aliphatic carbocycles. The normalized spacial score (nSPS) is 15.7. The van der Waals surface area contributed by atoms with Crippen molar-refractivity contribution in [1.82, 2.24) is 36.6 Å². The number of hydrogen-bond acceptors (Lipinski definition) is 12. The summed E-state index contributed by atoms with van der Waals surface area (Å²) in [7, 11) is 0. The van der Waals surface area contributed by atoms with Gasteiger partial charge in [0.1, 0.15) is 36.0 Å². The summed E-state index contributed by atoms with van der Waals surface area (Å²) >= 11 is 0. The van der Waals surface area contributed by atoms with E-state index in [1.54, 1.807) is 6.92 Å². The quantitative estimate of drug-likeness (QED) is 0.0186. The molecule has 1 aliphatic heterocycles. The number of carbonyl (C=O) groups excluding carboxylic acids is 7. The van der Waals surface area contributed by atoms with E-state index in [9.17, 15) is 38.7 Å². The van der Waals surface area contributed by atoms with Gasteiger partial charge in [0.25, 0.3) is 5.91 Å². The maximum atomic E-state index is 14.0. The lowest BCUT2D eigenvalue weighted by Gasteiger charge is -2.30. The van der Waals surface area contributed by atoms with Crippen LogP contribution in [0.3, 0.4) is 0 Å². The molecule has 24 nitrogen and oxygen atoms in total. The first-order valence-electron chi connectivity index (χ1n) is 21.5. The van der Waals surface area contributed by atoms with Gasteiger partial charge in [0.15, 0.2) is 11.9 Å². The van der Waals surface area contributed by atoms with E-state index in [0.29, 0.717) is 37.7 Å². The van der Waals surface area contributed by atoms with Gasteiger partial charge in [0.05, 0.1) is 6.04 Å². The van der Waals surface area contributed by atoms with Crippen molar-refractivity contribution in [1.29, 1.82) is 0 Å². The second-order valence-electron chi connectivity index (χ2n) is 16.0. The van der Waals surface area contributed by atoms with E-state index in [1.165, 1.54) is 29.2 Å². The average molecular weight is 903 g/mol.